The van der Waals surface area contributed by atoms with Crippen molar-refractivity contribution in [3.8, 4) is 0 Å². The van der Waals surface area contributed by atoms with Gasteiger partial charge in [0, 0.05) is 6.04 Å². The highest BCUT2D eigenvalue weighted by Gasteiger charge is 2.36. The highest BCUT2D eigenvalue weighted by Crippen LogP contribution is 2.34. The lowest BCUT2D eigenvalue weighted by Gasteiger charge is -2.37. The van der Waals surface area contributed by atoms with Gasteiger partial charge in [0.05, 0.1) is 20.9 Å². The van der Waals surface area contributed by atoms with E-state index >= 15 is 0 Å². The van der Waals surface area contributed by atoms with Gasteiger partial charge in [-0.1, -0.05) is 13.8 Å². The first-order valence-electron chi connectivity index (χ1n) is 7.47. The minimum absolute atomic E-state index is 0.00958. The van der Waals surface area contributed by atoms with Gasteiger partial charge in [-0.3, -0.25) is 4.21 Å². The molecule has 0 aromatic heterocycles. The molecular weight excluding hydrogens is 292 g/mol. The van der Waals surface area contributed by atoms with Crippen molar-refractivity contribution in [2.24, 2.45) is 11.8 Å². The molecule has 0 heterocycles. The number of hydrogen-bond donors (Lipinski definition) is 1. The maximum absolute atomic E-state index is 13.9. The summed E-state index contributed by atoms with van der Waals surface area (Å²) in [7, 11) is 0.303. The Balaban J connectivity index is 2.27. The van der Waals surface area contributed by atoms with Crippen LogP contribution >= 0.6 is 0 Å². The fourth-order valence-corrected chi connectivity index (χ4v) is 4.93. The van der Waals surface area contributed by atoms with E-state index < -0.39 is 22.4 Å². The molecule has 1 N–H and O–H groups in total. The molecule has 0 saturated heterocycles. The summed E-state index contributed by atoms with van der Waals surface area (Å²) in [6, 6.07) is 3.27. The molecule has 1 aliphatic carbocycles. The van der Waals surface area contributed by atoms with Crippen LogP contribution in [0.4, 0.5) is 8.78 Å². The zero-order chi connectivity index (χ0) is 15.6. The van der Waals surface area contributed by atoms with Gasteiger partial charge in [0.1, 0.15) is 11.6 Å². The number of nitrogens with one attached hydrogen (secondary N) is 1. The quantitative estimate of drug-likeness (QED) is 0.921. The van der Waals surface area contributed by atoms with E-state index in [0.717, 1.165) is 37.5 Å². The summed E-state index contributed by atoms with van der Waals surface area (Å²) < 4.78 is 40.0. The van der Waals surface area contributed by atoms with E-state index in [9.17, 15) is 13.0 Å². The van der Waals surface area contributed by atoms with Crippen molar-refractivity contribution in [3.63, 3.8) is 0 Å². The van der Waals surface area contributed by atoms with Gasteiger partial charge >= 0.3 is 0 Å². The van der Waals surface area contributed by atoms with Crippen LogP contribution in [-0.4, -0.2) is 22.5 Å². The predicted molar refractivity (Wildman–Crippen MR) is 81.6 cm³/mol. The molecule has 0 spiro atoms. The first kappa shape index (κ1) is 16.6. The van der Waals surface area contributed by atoms with Crippen LogP contribution < -0.4 is 5.32 Å². The Labute approximate surface area is 127 Å². The monoisotopic (exact) mass is 315 g/mol. The summed E-state index contributed by atoms with van der Waals surface area (Å²) in [5.74, 6) is -0.131. The standard InChI is InChI=1S/C16H23F2NOS/c1-10(2)11-4-7-14(19-3)16(8-11)21(20)15-9-12(17)5-6-13(15)18/h5-6,9-11,14,16,19H,4,7-8H2,1-3H3. The molecule has 2 rings (SSSR count). The summed E-state index contributed by atoms with van der Waals surface area (Å²) in [6.07, 6.45) is 2.79. The molecule has 0 radical (unpaired) electrons. The van der Waals surface area contributed by atoms with Gasteiger partial charge in [0.2, 0.25) is 0 Å². The molecule has 1 aromatic rings. The highest BCUT2D eigenvalue weighted by atomic mass is 32.2. The fraction of sp³-hybridized carbons (Fsp3) is 0.625. The first-order valence-corrected chi connectivity index (χ1v) is 8.68. The Morgan fingerprint density at radius 1 is 1.29 bits per heavy atom. The predicted octanol–water partition coefficient (Wildman–Crippen LogP) is 3.49. The van der Waals surface area contributed by atoms with E-state index in [1.165, 1.54) is 0 Å². The average Bonchev–Trinajstić information content (AvgIpc) is 2.48. The third kappa shape index (κ3) is 3.69. The van der Waals surface area contributed by atoms with Crippen LogP contribution in [0.1, 0.15) is 33.1 Å². The Bertz CT molecular complexity index is 521. The number of hydrogen-bond acceptors (Lipinski definition) is 2. The second-order valence-electron chi connectivity index (χ2n) is 6.12. The van der Waals surface area contributed by atoms with Gasteiger partial charge in [-0.15, -0.1) is 0 Å². The van der Waals surface area contributed by atoms with Crippen molar-refractivity contribution in [1.29, 1.82) is 0 Å². The third-order valence-corrected chi connectivity index (χ3v) is 6.35. The van der Waals surface area contributed by atoms with E-state index in [1.807, 2.05) is 7.05 Å². The maximum atomic E-state index is 13.9. The molecule has 4 unspecified atom stereocenters. The summed E-state index contributed by atoms with van der Waals surface area (Å²) in [6.45, 7) is 4.32. The molecule has 4 atom stereocenters. The molecule has 0 aliphatic heterocycles. The lowest BCUT2D eigenvalue weighted by atomic mass is 9.79. The molecule has 1 aromatic carbocycles. The van der Waals surface area contributed by atoms with Crippen LogP contribution in [0.2, 0.25) is 0 Å². The normalized spacial score (nSPS) is 27.8. The van der Waals surface area contributed by atoms with E-state index in [-0.39, 0.29) is 16.2 Å². The van der Waals surface area contributed by atoms with Gasteiger partial charge in [0.15, 0.2) is 0 Å². The molecule has 2 nitrogen and oxygen atoms in total. The van der Waals surface area contributed by atoms with Crippen molar-refractivity contribution in [2.45, 2.75) is 49.3 Å². The molecule has 1 aliphatic rings. The lowest BCUT2D eigenvalue weighted by Crippen LogP contribution is -2.45. The highest BCUT2D eigenvalue weighted by molar-refractivity contribution is 7.85. The van der Waals surface area contributed by atoms with Crippen LogP contribution in [0.3, 0.4) is 0 Å². The van der Waals surface area contributed by atoms with Crippen LogP contribution in [0.25, 0.3) is 0 Å². The Kier molecular flexibility index (Phi) is 5.49. The van der Waals surface area contributed by atoms with Crippen LogP contribution in [-0.2, 0) is 10.8 Å². The van der Waals surface area contributed by atoms with Crippen molar-refractivity contribution in [3.05, 3.63) is 29.8 Å². The van der Waals surface area contributed by atoms with Crippen LogP contribution in [0.5, 0.6) is 0 Å². The largest absolute Gasteiger partial charge is 0.316 e. The molecule has 118 valence electrons. The third-order valence-electron chi connectivity index (χ3n) is 4.53. The SMILES string of the molecule is CNC1CCC(C(C)C)CC1S(=O)c1cc(F)ccc1F. The topological polar surface area (TPSA) is 29.1 Å². The summed E-state index contributed by atoms with van der Waals surface area (Å²) in [5.41, 5.74) is 0. The van der Waals surface area contributed by atoms with E-state index in [2.05, 4.69) is 19.2 Å². The maximum Gasteiger partial charge on any atom is 0.139 e. The zero-order valence-electron chi connectivity index (χ0n) is 12.7. The van der Waals surface area contributed by atoms with Crippen molar-refractivity contribution in [1.82, 2.24) is 5.32 Å². The number of benzene rings is 1. The van der Waals surface area contributed by atoms with Crippen molar-refractivity contribution < 1.29 is 13.0 Å². The molecular formula is C16H23F2NOS. The Hall–Kier alpha value is -0.810. The average molecular weight is 315 g/mol. The molecule has 1 fully saturated rings. The molecule has 21 heavy (non-hydrogen) atoms. The molecule has 5 heteroatoms. The van der Waals surface area contributed by atoms with Crippen molar-refractivity contribution >= 4 is 10.8 Å². The second-order valence-corrected chi connectivity index (χ2v) is 7.76. The van der Waals surface area contributed by atoms with Crippen LogP contribution in [0.15, 0.2) is 23.1 Å². The second kappa shape index (κ2) is 6.97. The fourth-order valence-electron chi connectivity index (χ4n) is 3.13. The van der Waals surface area contributed by atoms with Crippen LogP contribution in [0, 0.1) is 23.5 Å². The minimum Gasteiger partial charge on any atom is -0.316 e. The Morgan fingerprint density at radius 3 is 2.62 bits per heavy atom. The number of halogens is 2. The van der Waals surface area contributed by atoms with Gasteiger partial charge in [0.25, 0.3) is 0 Å². The summed E-state index contributed by atoms with van der Waals surface area (Å²) in [5, 5.41) is 3.02. The smallest absolute Gasteiger partial charge is 0.139 e. The summed E-state index contributed by atoms with van der Waals surface area (Å²) >= 11 is 0. The zero-order valence-corrected chi connectivity index (χ0v) is 13.6. The molecule has 0 amide bonds. The molecule has 1 saturated carbocycles. The van der Waals surface area contributed by atoms with E-state index in [4.69, 9.17) is 0 Å². The van der Waals surface area contributed by atoms with Gasteiger partial charge < -0.3 is 5.32 Å². The summed E-state index contributed by atoms with van der Waals surface area (Å²) in [4.78, 5) is -0.00958. The van der Waals surface area contributed by atoms with Crippen molar-refractivity contribution in [2.75, 3.05) is 7.05 Å². The van der Waals surface area contributed by atoms with E-state index in [1.54, 1.807) is 0 Å². The van der Waals surface area contributed by atoms with Gasteiger partial charge in [-0.05, 0) is 56.3 Å². The lowest BCUT2D eigenvalue weighted by molar-refractivity contribution is 0.249. The van der Waals surface area contributed by atoms with Gasteiger partial charge in [-0.2, -0.15) is 0 Å². The molecule has 0 bridgehead atoms. The minimum atomic E-state index is -1.54. The Morgan fingerprint density at radius 2 is 2.00 bits per heavy atom. The van der Waals surface area contributed by atoms with E-state index in [0.29, 0.717) is 11.8 Å². The number of rotatable bonds is 4. The van der Waals surface area contributed by atoms with Gasteiger partial charge in [-0.25, -0.2) is 8.78 Å². The first-order chi connectivity index (χ1) is 9.93.